The van der Waals surface area contributed by atoms with E-state index in [-0.39, 0.29) is 24.0 Å². The molecule has 0 saturated heterocycles. The lowest BCUT2D eigenvalue weighted by molar-refractivity contribution is 0.387. The van der Waals surface area contributed by atoms with E-state index in [1.54, 1.807) is 25.3 Å². The van der Waals surface area contributed by atoms with Gasteiger partial charge in [0.15, 0.2) is 11.8 Å². The van der Waals surface area contributed by atoms with E-state index in [0.29, 0.717) is 30.8 Å². The van der Waals surface area contributed by atoms with Crippen LogP contribution in [0.15, 0.2) is 14.9 Å². The molecule has 0 spiro atoms. The van der Waals surface area contributed by atoms with Crippen molar-refractivity contribution < 1.29 is 4.52 Å². The van der Waals surface area contributed by atoms with E-state index in [1.165, 1.54) is 0 Å². The van der Waals surface area contributed by atoms with Crippen LogP contribution in [-0.4, -0.2) is 28.1 Å². The van der Waals surface area contributed by atoms with Gasteiger partial charge in [0.25, 0.3) is 0 Å². The smallest absolute Gasteiger partial charge is 0.223 e. The summed E-state index contributed by atoms with van der Waals surface area (Å²) in [6.45, 7) is 4.84. The van der Waals surface area contributed by atoms with E-state index in [0.717, 1.165) is 10.7 Å². The van der Waals surface area contributed by atoms with Gasteiger partial charge in [-0.05, 0) is 6.92 Å². The van der Waals surface area contributed by atoms with E-state index in [1.807, 2.05) is 12.3 Å². The van der Waals surface area contributed by atoms with Crippen molar-refractivity contribution >= 4 is 41.3 Å². The fourth-order valence-corrected chi connectivity index (χ4v) is 2.15. The summed E-state index contributed by atoms with van der Waals surface area (Å²) in [4.78, 5) is 12.6. The predicted octanol–water partition coefficient (Wildman–Crippen LogP) is 1.63. The fraction of sp³-hybridized carbons (Fsp3) is 0.455. The molecule has 0 amide bonds. The summed E-state index contributed by atoms with van der Waals surface area (Å²) in [6.07, 6.45) is 0. The van der Waals surface area contributed by atoms with Gasteiger partial charge < -0.3 is 15.2 Å². The maximum absolute atomic E-state index is 4.89. The van der Waals surface area contributed by atoms with E-state index in [9.17, 15) is 0 Å². The molecule has 20 heavy (non-hydrogen) atoms. The van der Waals surface area contributed by atoms with Gasteiger partial charge in [-0.2, -0.15) is 4.98 Å². The summed E-state index contributed by atoms with van der Waals surface area (Å²) >= 11 is 1.62. The molecule has 0 saturated carbocycles. The van der Waals surface area contributed by atoms with Crippen LogP contribution in [0.5, 0.6) is 0 Å². The predicted molar refractivity (Wildman–Crippen MR) is 88.3 cm³/mol. The first kappa shape index (κ1) is 16.8. The first-order chi connectivity index (χ1) is 9.17. The Morgan fingerprint density at radius 2 is 2.05 bits per heavy atom. The Morgan fingerprint density at radius 3 is 2.60 bits per heavy atom. The summed E-state index contributed by atoms with van der Waals surface area (Å²) < 4.78 is 4.89. The molecule has 2 heterocycles. The summed E-state index contributed by atoms with van der Waals surface area (Å²) in [5.74, 6) is 1.83. The molecule has 0 radical (unpaired) electrons. The number of nitrogens with one attached hydrogen (secondary N) is 2. The monoisotopic (exact) mass is 408 g/mol. The van der Waals surface area contributed by atoms with Crippen LogP contribution in [0.3, 0.4) is 0 Å². The lowest BCUT2D eigenvalue weighted by Crippen LogP contribution is -2.36. The molecule has 0 fully saturated rings. The van der Waals surface area contributed by atoms with Crippen molar-refractivity contribution in [3.05, 3.63) is 27.8 Å². The molecule has 110 valence electrons. The van der Waals surface area contributed by atoms with Gasteiger partial charge in [0.1, 0.15) is 5.01 Å². The highest BCUT2D eigenvalue weighted by Crippen LogP contribution is 2.07. The number of hydrogen-bond acceptors (Lipinski definition) is 6. The fourth-order valence-electron chi connectivity index (χ4n) is 1.44. The second-order valence-corrected chi connectivity index (χ2v) is 4.83. The van der Waals surface area contributed by atoms with Crippen molar-refractivity contribution in [2.75, 3.05) is 7.05 Å². The quantitative estimate of drug-likeness (QED) is 0.454. The molecular weight excluding hydrogens is 391 g/mol. The molecule has 0 atom stereocenters. The normalized spacial score (nSPS) is 11.1. The maximum Gasteiger partial charge on any atom is 0.223 e. The number of aryl methyl sites for hydroxylation is 2. The van der Waals surface area contributed by atoms with Gasteiger partial charge >= 0.3 is 0 Å². The average molecular weight is 408 g/mol. The third-order valence-electron chi connectivity index (χ3n) is 2.28. The molecule has 2 N–H and O–H groups in total. The lowest BCUT2D eigenvalue weighted by Gasteiger charge is -2.08. The first-order valence-electron chi connectivity index (χ1n) is 5.82. The van der Waals surface area contributed by atoms with Crippen molar-refractivity contribution in [2.24, 2.45) is 4.99 Å². The number of hydrogen-bond donors (Lipinski definition) is 2. The Labute approximate surface area is 138 Å². The summed E-state index contributed by atoms with van der Waals surface area (Å²) in [6, 6.07) is 0. The third-order valence-corrected chi connectivity index (χ3v) is 3.25. The van der Waals surface area contributed by atoms with E-state index < -0.39 is 0 Å². The second kappa shape index (κ2) is 8.15. The molecule has 0 aromatic carbocycles. The zero-order valence-corrected chi connectivity index (χ0v) is 14.7. The van der Waals surface area contributed by atoms with Crippen LogP contribution >= 0.6 is 35.3 Å². The van der Waals surface area contributed by atoms with E-state index in [4.69, 9.17) is 4.52 Å². The van der Waals surface area contributed by atoms with Crippen LogP contribution in [0.2, 0.25) is 0 Å². The topological polar surface area (TPSA) is 88.2 Å². The van der Waals surface area contributed by atoms with Crippen LogP contribution in [0.1, 0.15) is 22.4 Å². The van der Waals surface area contributed by atoms with Crippen molar-refractivity contribution in [1.29, 1.82) is 0 Å². The standard InChI is InChI=1S/C11H16N6OS.HI/c1-7-6-19-10(15-7)5-14-11(12-3)13-4-9-16-8(2)18-17-9;/h6H,4-5H2,1-3H3,(H2,12,13,14);1H. The minimum absolute atomic E-state index is 0. The van der Waals surface area contributed by atoms with E-state index >= 15 is 0 Å². The van der Waals surface area contributed by atoms with Gasteiger partial charge in [-0.25, -0.2) is 4.98 Å². The van der Waals surface area contributed by atoms with Gasteiger partial charge in [0, 0.05) is 25.0 Å². The molecule has 2 aromatic heterocycles. The van der Waals surface area contributed by atoms with Gasteiger partial charge in [-0.3, -0.25) is 4.99 Å². The Bertz CT molecular complexity index is 521. The summed E-state index contributed by atoms with van der Waals surface area (Å²) in [5.41, 5.74) is 1.03. The van der Waals surface area contributed by atoms with Crippen LogP contribution in [-0.2, 0) is 13.1 Å². The number of guanidine groups is 1. The zero-order valence-electron chi connectivity index (χ0n) is 11.5. The number of nitrogens with zero attached hydrogens (tertiary/aromatic N) is 4. The van der Waals surface area contributed by atoms with Gasteiger partial charge in [-0.15, -0.1) is 35.3 Å². The van der Waals surface area contributed by atoms with Crippen LogP contribution < -0.4 is 10.6 Å². The molecule has 9 heteroatoms. The van der Waals surface area contributed by atoms with Crippen LogP contribution in [0.25, 0.3) is 0 Å². The molecule has 7 nitrogen and oxygen atoms in total. The Balaban J connectivity index is 0.00000200. The van der Waals surface area contributed by atoms with E-state index in [2.05, 4.69) is 30.8 Å². The number of rotatable bonds is 4. The zero-order chi connectivity index (χ0) is 13.7. The van der Waals surface area contributed by atoms with Crippen molar-refractivity contribution in [3.8, 4) is 0 Å². The summed E-state index contributed by atoms with van der Waals surface area (Å²) in [7, 11) is 1.71. The molecule has 0 aliphatic rings. The van der Waals surface area contributed by atoms with Crippen LogP contribution in [0.4, 0.5) is 0 Å². The number of aromatic nitrogens is 3. The Morgan fingerprint density at radius 1 is 1.30 bits per heavy atom. The second-order valence-electron chi connectivity index (χ2n) is 3.89. The van der Waals surface area contributed by atoms with Crippen molar-refractivity contribution in [3.63, 3.8) is 0 Å². The molecule has 2 aromatic rings. The summed E-state index contributed by atoms with van der Waals surface area (Å²) in [5, 5.41) is 13.1. The maximum atomic E-state index is 4.89. The minimum atomic E-state index is 0. The molecule has 0 aliphatic carbocycles. The largest absolute Gasteiger partial charge is 0.350 e. The number of thiazole rings is 1. The van der Waals surface area contributed by atoms with Crippen molar-refractivity contribution in [1.82, 2.24) is 25.8 Å². The number of aliphatic imine (C=N–C) groups is 1. The highest BCUT2D eigenvalue weighted by atomic mass is 127. The minimum Gasteiger partial charge on any atom is -0.350 e. The lowest BCUT2D eigenvalue weighted by atomic mass is 10.5. The highest BCUT2D eigenvalue weighted by molar-refractivity contribution is 14.0. The third kappa shape index (κ3) is 5.04. The molecule has 0 aliphatic heterocycles. The Hall–Kier alpha value is -1.23. The molecule has 0 bridgehead atoms. The number of halogens is 1. The molecule has 2 rings (SSSR count). The SMILES string of the molecule is CN=C(NCc1noc(C)n1)NCc1nc(C)cs1.I. The first-order valence-corrected chi connectivity index (χ1v) is 6.70. The van der Waals surface area contributed by atoms with Crippen molar-refractivity contribution in [2.45, 2.75) is 26.9 Å². The molecule has 0 unspecified atom stereocenters. The van der Waals surface area contributed by atoms with Gasteiger partial charge in [-0.1, -0.05) is 5.16 Å². The average Bonchev–Trinajstić information content (AvgIpc) is 2.99. The van der Waals surface area contributed by atoms with Gasteiger partial charge in [0.2, 0.25) is 5.89 Å². The molecular formula is C11H17IN6OS. The Kier molecular flexibility index (Phi) is 6.85. The highest BCUT2D eigenvalue weighted by Gasteiger charge is 2.04. The van der Waals surface area contributed by atoms with Crippen LogP contribution in [0, 0.1) is 13.8 Å². The van der Waals surface area contributed by atoms with Gasteiger partial charge in [0.05, 0.1) is 13.1 Å².